The lowest BCUT2D eigenvalue weighted by atomic mass is 10.1. The van der Waals surface area contributed by atoms with Crippen LogP contribution in [0.5, 0.6) is 5.75 Å². The number of morpholine rings is 1. The Labute approximate surface area is 163 Å². The van der Waals surface area contributed by atoms with E-state index in [9.17, 15) is 9.90 Å². The summed E-state index contributed by atoms with van der Waals surface area (Å²) in [5, 5.41) is 9.92. The van der Waals surface area contributed by atoms with Gasteiger partial charge in [0.25, 0.3) is 5.91 Å². The van der Waals surface area contributed by atoms with Crippen molar-refractivity contribution in [2.75, 3.05) is 46.4 Å². The maximum absolute atomic E-state index is 13.0. The van der Waals surface area contributed by atoms with Crippen LogP contribution in [0.3, 0.4) is 0 Å². The highest BCUT2D eigenvalue weighted by molar-refractivity contribution is 5.94. The maximum Gasteiger partial charge on any atom is 0.253 e. The average molecular weight is 379 g/mol. The van der Waals surface area contributed by atoms with E-state index in [1.165, 1.54) is 0 Å². The molecular weight excluding hydrogens is 344 g/mol. The molecule has 1 aromatic rings. The molecule has 2 atom stereocenters. The molecular formula is C21H34N2O4. The van der Waals surface area contributed by atoms with Crippen molar-refractivity contribution in [2.45, 2.75) is 39.4 Å². The lowest BCUT2D eigenvalue weighted by Gasteiger charge is -2.37. The van der Waals surface area contributed by atoms with E-state index in [-0.39, 0.29) is 18.1 Å². The first-order valence-electron chi connectivity index (χ1n) is 9.88. The summed E-state index contributed by atoms with van der Waals surface area (Å²) < 4.78 is 11.1. The molecule has 0 unspecified atom stereocenters. The number of benzene rings is 1. The summed E-state index contributed by atoms with van der Waals surface area (Å²) in [4.78, 5) is 17.2. The Hall–Kier alpha value is -1.63. The van der Waals surface area contributed by atoms with Crippen LogP contribution >= 0.6 is 0 Å². The molecule has 1 saturated heterocycles. The molecule has 0 radical (unpaired) electrons. The standard InChI is InChI=1S/C21H34N2O4/c1-5-18(24)13-22-10-11-27-20(14-22)15-23(12-16(2)3)21(25)17-6-8-19(26-4)9-7-17/h6-9,16,18,20,24H,5,10-15H2,1-4H3/t18-,20-/m0/s1. The fraction of sp³-hybridized carbons (Fsp3) is 0.667. The van der Waals surface area contributed by atoms with Crippen LogP contribution in [-0.4, -0.2) is 79.5 Å². The minimum Gasteiger partial charge on any atom is -0.497 e. The second-order valence-corrected chi connectivity index (χ2v) is 7.65. The summed E-state index contributed by atoms with van der Waals surface area (Å²) in [6.45, 7) is 10.3. The normalized spacial score (nSPS) is 19.1. The maximum atomic E-state index is 13.0. The molecule has 0 aromatic heterocycles. The minimum absolute atomic E-state index is 0.0145. The van der Waals surface area contributed by atoms with E-state index in [4.69, 9.17) is 9.47 Å². The molecule has 0 saturated carbocycles. The van der Waals surface area contributed by atoms with Gasteiger partial charge in [0.05, 0.1) is 25.9 Å². The van der Waals surface area contributed by atoms with Gasteiger partial charge in [-0.15, -0.1) is 0 Å². The number of carbonyl (C=O) groups is 1. The van der Waals surface area contributed by atoms with E-state index in [1.54, 1.807) is 19.2 Å². The first-order valence-corrected chi connectivity index (χ1v) is 9.88. The van der Waals surface area contributed by atoms with Gasteiger partial charge >= 0.3 is 0 Å². The summed E-state index contributed by atoms with van der Waals surface area (Å²) >= 11 is 0. The largest absolute Gasteiger partial charge is 0.497 e. The van der Waals surface area contributed by atoms with Gasteiger partial charge in [0.15, 0.2) is 0 Å². The zero-order valence-electron chi connectivity index (χ0n) is 17.1. The van der Waals surface area contributed by atoms with Gasteiger partial charge in [-0.2, -0.15) is 0 Å². The third-order valence-corrected chi connectivity index (χ3v) is 4.80. The summed E-state index contributed by atoms with van der Waals surface area (Å²) in [5.74, 6) is 1.12. The predicted molar refractivity (Wildman–Crippen MR) is 106 cm³/mol. The zero-order chi connectivity index (χ0) is 19.8. The molecule has 1 N–H and O–H groups in total. The number of β-amino-alcohol motifs (C(OH)–C–C–N with tert-alkyl or cyclic N) is 1. The highest BCUT2D eigenvalue weighted by Gasteiger charge is 2.26. The van der Waals surface area contributed by atoms with Gasteiger partial charge in [-0.3, -0.25) is 9.69 Å². The Morgan fingerprint density at radius 1 is 1.37 bits per heavy atom. The molecule has 1 fully saturated rings. The fourth-order valence-electron chi connectivity index (χ4n) is 3.33. The van der Waals surface area contributed by atoms with E-state index < -0.39 is 0 Å². The van der Waals surface area contributed by atoms with Crippen molar-refractivity contribution in [3.63, 3.8) is 0 Å². The molecule has 1 aliphatic heterocycles. The van der Waals surface area contributed by atoms with Gasteiger partial charge < -0.3 is 19.5 Å². The third kappa shape index (κ3) is 6.79. The summed E-state index contributed by atoms with van der Waals surface area (Å²) in [6.07, 6.45) is 0.400. The van der Waals surface area contributed by atoms with E-state index in [0.717, 1.165) is 25.3 Å². The average Bonchev–Trinajstić information content (AvgIpc) is 2.67. The molecule has 2 rings (SSSR count). The van der Waals surface area contributed by atoms with Crippen molar-refractivity contribution >= 4 is 5.91 Å². The molecule has 1 amide bonds. The Bertz CT molecular complexity index is 576. The van der Waals surface area contributed by atoms with Gasteiger partial charge in [-0.05, 0) is 36.6 Å². The van der Waals surface area contributed by atoms with Crippen molar-refractivity contribution in [1.29, 1.82) is 0 Å². The minimum atomic E-state index is -0.309. The number of nitrogens with zero attached hydrogens (tertiary/aromatic N) is 2. The molecule has 1 aromatic carbocycles. The van der Waals surface area contributed by atoms with Gasteiger partial charge in [-0.1, -0.05) is 20.8 Å². The van der Waals surface area contributed by atoms with Crippen molar-refractivity contribution in [1.82, 2.24) is 9.80 Å². The Balaban J connectivity index is 2.03. The molecule has 27 heavy (non-hydrogen) atoms. The highest BCUT2D eigenvalue weighted by atomic mass is 16.5. The van der Waals surface area contributed by atoms with Crippen LogP contribution in [-0.2, 0) is 4.74 Å². The number of ether oxygens (including phenoxy) is 2. The van der Waals surface area contributed by atoms with Crippen LogP contribution in [0.2, 0.25) is 0 Å². The highest BCUT2D eigenvalue weighted by Crippen LogP contribution is 2.16. The summed E-state index contributed by atoms with van der Waals surface area (Å²) in [6, 6.07) is 7.23. The molecule has 6 nitrogen and oxygen atoms in total. The zero-order valence-corrected chi connectivity index (χ0v) is 17.1. The van der Waals surface area contributed by atoms with Gasteiger partial charge in [0.1, 0.15) is 5.75 Å². The van der Waals surface area contributed by atoms with E-state index >= 15 is 0 Å². The van der Waals surface area contributed by atoms with E-state index in [0.29, 0.717) is 37.7 Å². The number of amides is 1. The van der Waals surface area contributed by atoms with Gasteiger partial charge in [0, 0.05) is 38.3 Å². The number of rotatable bonds is 9. The predicted octanol–water partition coefficient (Wildman–Crippen LogP) is 2.27. The van der Waals surface area contributed by atoms with Crippen LogP contribution in [0.4, 0.5) is 0 Å². The lowest BCUT2D eigenvalue weighted by Crippen LogP contribution is -2.50. The van der Waals surface area contributed by atoms with Crippen LogP contribution in [0.15, 0.2) is 24.3 Å². The summed E-state index contributed by atoms with van der Waals surface area (Å²) in [5.41, 5.74) is 0.658. The molecule has 0 aliphatic carbocycles. The van der Waals surface area contributed by atoms with Crippen LogP contribution in [0, 0.1) is 5.92 Å². The number of methoxy groups -OCH3 is 1. The molecule has 1 heterocycles. The summed E-state index contributed by atoms with van der Waals surface area (Å²) in [7, 11) is 1.61. The fourth-order valence-corrected chi connectivity index (χ4v) is 3.33. The van der Waals surface area contributed by atoms with Crippen molar-refractivity contribution < 1.29 is 19.4 Å². The molecule has 6 heteroatoms. The van der Waals surface area contributed by atoms with E-state index in [1.807, 2.05) is 24.0 Å². The van der Waals surface area contributed by atoms with Crippen LogP contribution < -0.4 is 4.74 Å². The second kappa shape index (κ2) is 10.6. The molecule has 1 aliphatic rings. The van der Waals surface area contributed by atoms with Gasteiger partial charge in [-0.25, -0.2) is 0 Å². The third-order valence-electron chi connectivity index (χ3n) is 4.80. The monoisotopic (exact) mass is 378 g/mol. The van der Waals surface area contributed by atoms with Crippen molar-refractivity contribution in [2.24, 2.45) is 5.92 Å². The number of hydrogen-bond acceptors (Lipinski definition) is 5. The number of aliphatic hydroxyl groups excluding tert-OH is 1. The van der Waals surface area contributed by atoms with E-state index in [2.05, 4.69) is 18.7 Å². The smallest absolute Gasteiger partial charge is 0.253 e. The van der Waals surface area contributed by atoms with Crippen molar-refractivity contribution in [3.8, 4) is 5.75 Å². The Morgan fingerprint density at radius 3 is 2.67 bits per heavy atom. The first kappa shape index (κ1) is 21.7. The van der Waals surface area contributed by atoms with Crippen molar-refractivity contribution in [3.05, 3.63) is 29.8 Å². The number of aliphatic hydroxyl groups is 1. The van der Waals surface area contributed by atoms with Crippen LogP contribution in [0.1, 0.15) is 37.6 Å². The molecule has 0 bridgehead atoms. The number of carbonyl (C=O) groups excluding carboxylic acids is 1. The Kier molecular flexibility index (Phi) is 8.54. The first-order chi connectivity index (χ1) is 12.9. The SMILES string of the molecule is CC[C@H](O)CN1CCO[C@H](CN(CC(C)C)C(=O)c2ccc(OC)cc2)C1. The number of hydrogen-bond donors (Lipinski definition) is 1. The lowest BCUT2D eigenvalue weighted by molar-refractivity contribution is -0.0513. The second-order valence-electron chi connectivity index (χ2n) is 7.65. The Morgan fingerprint density at radius 2 is 2.07 bits per heavy atom. The topological polar surface area (TPSA) is 62.2 Å². The van der Waals surface area contributed by atoms with Crippen LogP contribution in [0.25, 0.3) is 0 Å². The molecule has 0 spiro atoms. The quantitative estimate of drug-likeness (QED) is 0.714. The molecule has 152 valence electrons. The van der Waals surface area contributed by atoms with Gasteiger partial charge in [0.2, 0.25) is 0 Å².